The van der Waals surface area contributed by atoms with E-state index in [1.807, 2.05) is 56.3 Å². The Morgan fingerprint density at radius 1 is 0.829 bits per heavy atom. The highest BCUT2D eigenvalue weighted by molar-refractivity contribution is 7.92. The standard InChI is InChI=1S/C28H26N2O4S/c1-21-17-18-22(2)26(19-21)30(35(32,33)24-13-7-4-8-14-24)20-28(31)29-25-15-9-10-16-27(25)34-23-11-5-3-6-12-23/h3-19H,20H2,1-2H3,(H,29,31). The van der Waals surface area contributed by atoms with Crippen molar-refractivity contribution in [3.8, 4) is 11.5 Å². The van der Waals surface area contributed by atoms with Gasteiger partial charge in [0.05, 0.1) is 16.3 Å². The molecule has 4 rings (SSSR count). The highest BCUT2D eigenvalue weighted by Crippen LogP contribution is 2.31. The average molecular weight is 487 g/mol. The fourth-order valence-corrected chi connectivity index (χ4v) is 5.10. The van der Waals surface area contributed by atoms with Crippen LogP contribution in [0.1, 0.15) is 11.1 Å². The number of nitrogens with zero attached hydrogens (tertiary/aromatic N) is 1. The molecule has 0 aromatic heterocycles. The zero-order valence-corrected chi connectivity index (χ0v) is 20.3. The molecule has 0 spiro atoms. The molecule has 0 unspecified atom stereocenters. The molecule has 0 aliphatic heterocycles. The molecule has 35 heavy (non-hydrogen) atoms. The first-order chi connectivity index (χ1) is 16.8. The number of carbonyl (C=O) groups excluding carboxylic acids is 1. The molecule has 7 heteroatoms. The minimum Gasteiger partial charge on any atom is -0.455 e. The van der Waals surface area contributed by atoms with Crippen molar-refractivity contribution in [2.24, 2.45) is 0 Å². The number of aryl methyl sites for hydroxylation is 2. The fourth-order valence-electron chi connectivity index (χ4n) is 3.60. The lowest BCUT2D eigenvalue weighted by Crippen LogP contribution is -2.38. The quantitative estimate of drug-likeness (QED) is 0.335. The number of amides is 1. The number of para-hydroxylation sites is 3. The Morgan fingerprint density at radius 2 is 1.46 bits per heavy atom. The Labute approximate surface area is 205 Å². The van der Waals surface area contributed by atoms with Gasteiger partial charge in [0.15, 0.2) is 5.75 Å². The Hall–Kier alpha value is -4.10. The normalized spacial score (nSPS) is 11.0. The molecule has 0 aliphatic rings. The number of sulfonamides is 1. The van der Waals surface area contributed by atoms with Gasteiger partial charge in [0.2, 0.25) is 5.91 Å². The molecule has 0 radical (unpaired) electrons. The summed E-state index contributed by atoms with van der Waals surface area (Å²) in [5.74, 6) is 0.587. The van der Waals surface area contributed by atoms with Crippen LogP contribution < -0.4 is 14.4 Å². The minimum atomic E-state index is -4.00. The van der Waals surface area contributed by atoms with E-state index in [0.29, 0.717) is 22.9 Å². The number of nitrogens with one attached hydrogen (secondary N) is 1. The Morgan fingerprint density at radius 3 is 2.17 bits per heavy atom. The van der Waals surface area contributed by atoms with Gasteiger partial charge in [-0.3, -0.25) is 9.10 Å². The fraction of sp³-hybridized carbons (Fsp3) is 0.107. The first kappa shape index (κ1) is 24.0. The first-order valence-electron chi connectivity index (χ1n) is 11.1. The number of benzene rings is 4. The molecule has 0 atom stereocenters. The summed E-state index contributed by atoms with van der Waals surface area (Å²) in [5, 5.41) is 2.82. The van der Waals surface area contributed by atoms with Crippen LogP contribution in [0.3, 0.4) is 0 Å². The van der Waals surface area contributed by atoms with Gasteiger partial charge in [0.25, 0.3) is 10.0 Å². The molecule has 0 fully saturated rings. The molecule has 0 aliphatic carbocycles. The van der Waals surface area contributed by atoms with Gasteiger partial charge in [-0.25, -0.2) is 8.42 Å². The van der Waals surface area contributed by atoms with Crippen LogP contribution in [0.25, 0.3) is 0 Å². The SMILES string of the molecule is Cc1ccc(C)c(N(CC(=O)Nc2ccccc2Oc2ccccc2)S(=O)(=O)c2ccccc2)c1. The topological polar surface area (TPSA) is 75.7 Å². The Bertz CT molecular complexity index is 1420. The largest absolute Gasteiger partial charge is 0.455 e. The summed E-state index contributed by atoms with van der Waals surface area (Å²) >= 11 is 0. The van der Waals surface area contributed by atoms with Crippen LogP contribution in [0.5, 0.6) is 11.5 Å². The van der Waals surface area contributed by atoms with Gasteiger partial charge in [-0.1, -0.05) is 60.7 Å². The van der Waals surface area contributed by atoms with E-state index in [1.165, 1.54) is 12.1 Å². The molecule has 0 saturated heterocycles. The van der Waals surface area contributed by atoms with Crippen molar-refractivity contribution >= 4 is 27.3 Å². The third-order valence-electron chi connectivity index (χ3n) is 5.38. The van der Waals surface area contributed by atoms with Crippen LogP contribution >= 0.6 is 0 Å². The van der Waals surface area contributed by atoms with E-state index in [0.717, 1.165) is 15.4 Å². The van der Waals surface area contributed by atoms with Crippen molar-refractivity contribution in [1.29, 1.82) is 0 Å². The molecule has 178 valence electrons. The molecular weight excluding hydrogens is 460 g/mol. The molecule has 6 nitrogen and oxygen atoms in total. The molecule has 1 N–H and O–H groups in total. The van der Waals surface area contributed by atoms with E-state index in [1.54, 1.807) is 48.5 Å². The van der Waals surface area contributed by atoms with Gasteiger partial charge in [-0.2, -0.15) is 0 Å². The number of anilines is 2. The van der Waals surface area contributed by atoms with Crippen LogP contribution in [0.2, 0.25) is 0 Å². The lowest BCUT2D eigenvalue weighted by Gasteiger charge is -2.26. The number of ether oxygens (including phenoxy) is 1. The highest BCUT2D eigenvalue weighted by Gasteiger charge is 2.28. The van der Waals surface area contributed by atoms with Gasteiger partial charge >= 0.3 is 0 Å². The number of rotatable bonds is 8. The van der Waals surface area contributed by atoms with E-state index < -0.39 is 22.5 Å². The van der Waals surface area contributed by atoms with Gasteiger partial charge in [0, 0.05) is 0 Å². The van der Waals surface area contributed by atoms with Crippen LogP contribution in [0, 0.1) is 13.8 Å². The second-order valence-corrected chi connectivity index (χ2v) is 9.94. The lowest BCUT2D eigenvalue weighted by molar-refractivity contribution is -0.114. The smallest absolute Gasteiger partial charge is 0.264 e. The predicted octanol–water partition coefficient (Wildman–Crippen LogP) is 5.93. The number of hydrogen-bond donors (Lipinski definition) is 1. The summed E-state index contributed by atoms with van der Waals surface area (Å²) in [4.78, 5) is 13.3. The zero-order chi connectivity index (χ0) is 24.8. The Balaban J connectivity index is 1.65. The Kier molecular flexibility index (Phi) is 7.17. The second-order valence-electron chi connectivity index (χ2n) is 8.07. The summed E-state index contributed by atoms with van der Waals surface area (Å²) in [5.41, 5.74) is 2.54. The van der Waals surface area contributed by atoms with E-state index >= 15 is 0 Å². The molecule has 0 heterocycles. The van der Waals surface area contributed by atoms with E-state index in [9.17, 15) is 13.2 Å². The van der Waals surface area contributed by atoms with Crippen molar-refractivity contribution in [1.82, 2.24) is 0 Å². The summed E-state index contributed by atoms with van der Waals surface area (Å²) in [7, 11) is -4.00. The summed E-state index contributed by atoms with van der Waals surface area (Å²) in [6, 6.07) is 29.9. The maximum atomic E-state index is 13.6. The summed E-state index contributed by atoms with van der Waals surface area (Å²) < 4.78 is 34.3. The maximum absolute atomic E-state index is 13.6. The molecule has 4 aromatic carbocycles. The van der Waals surface area contributed by atoms with Crippen molar-refractivity contribution in [2.75, 3.05) is 16.2 Å². The van der Waals surface area contributed by atoms with Crippen molar-refractivity contribution in [3.05, 3.63) is 114 Å². The first-order valence-corrected chi connectivity index (χ1v) is 12.6. The average Bonchev–Trinajstić information content (AvgIpc) is 2.86. The molecule has 1 amide bonds. The molecule has 0 saturated carbocycles. The second kappa shape index (κ2) is 10.4. The summed E-state index contributed by atoms with van der Waals surface area (Å²) in [6.45, 7) is 3.30. The van der Waals surface area contributed by atoms with Crippen LogP contribution in [0.15, 0.2) is 108 Å². The third kappa shape index (κ3) is 5.70. The molecule has 0 bridgehead atoms. The molecular formula is C28H26N2O4S. The van der Waals surface area contributed by atoms with Crippen LogP contribution in [-0.2, 0) is 14.8 Å². The van der Waals surface area contributed by atoms with E-state index in [-0.39, 0.29) is 4.90 Å². The third-order valence-corrected chi connectivity index (χ3v) is 7.16. The zero-order valence-electron chi connectivity index (χ0n) is 19.5. The van der Waals surface area contributed by atoms with Crippen LogP contribution in [-0.4, -0.2) is 20.9 Å². The number of carbonyl (C=O) groups is 1. The van der Waals surface area contributed by atoms with Gasteiger partial charge in [-0.05, 0) is 67.4 Å². The van der Waals surface area contributed by atoms with Crippen molar-refractivity contribution in [2.45, 2.75) is 18.7 Å². The monoisotopic (exact) mass is 486 g/mol. The maximum Gasteiger partial charge on any atom is 0.264 e. The van der Waals surface area contributed by atoms with Crippen molar-refractivity contribution < 1.29 is 17.9 Å². The van der Waals surface area contributed by atoms with Crippen molar-refractivity contribution in [3.63, 3.8) is 0 Å². The lowest BCUT2D eigenvalue weighted by atomic mass is 10.1. The van der Waals surface area contributed by atoms with E-state index in [2.05, 4.69) is 5.32 Å². The minimum absolute atomic E-state index is 0.113. The van der Waals surface area contributed by atoms with Gasteiger partial charge in [0.1, 0.15) is 12.3 Å². The highest BCUT2D eigenvalue weighted by atomic mass is 32.2. The van der Waals surface area contributed by atoms with Gasteiger partial charge in [-0.15, -0.1) is 0 Å². The molecule has 4 aromatic rings. The summed E-state index contributed by atoms with van der Waals surface area (Å²) in [6.07, 6.45) is 0. The number of hydrogen-bond acceptors (Lipinski definition) is 4. The van der Waals surface area contributed by atoms with E-state index in [4.69, 9.17) is 4.74 Å². The predicted molar refractivity (Wildman–Crippen MR) is 138 cm³/mol. The van der Waals surface area contributed by atoms with Crippen LogP contribution in [0.4, 0.5) is 11.4 Å². The van der Waals surface area contributed by atoms with Gasteiger partial charge < -0.3 is 10.1 Å².